The molecule has 2 aromatic carbocycles. The van der Waals surface area contributed by atoms with Gasteiger partial charge in [0.15, 0.2) is 5.13 Å². The van der Waals surface area contributed by atoms with Gasteiger partial charge in [-0.3, -0.25) is 9.59 Å². The largest absolute Gasteiger partial charge is 0.487 e. The van der Waals surface area contributed by atoms with Crippen LogP contribution in [0, 0.1) is 12.3 Å². The number of rotatable bonds is 10. The van der Waals surface area contributed by atoms with Crippen LogP contribution >= 0.6 is 22.9 Å². The number of nitrogens with zero attached hydrogens (tertiary/aromatic N) is 1. The third kappa shape index (κ3) is 7.77. The fraction of sp³-hybridized carbons (Fsp3) is 0.393. The number of ether oxygens (including phenoxy) is 1. The summed E-state index contributed by atoms with van der Waals surface area (Å²) >= 11 is 7.61. The van der Waals surface area contributed by atoms with Crippen LogP contribution in [-0.4, -0.2) is 34.1 Å². The van der Waals surface area contributed by atoms with Crippen molar-refractivity contribution in [2.45, 2.75) is 66.2 Å². The summed E-state index contributed by atoms with van der Waals surface area (Å²) in [5.74, 6) is -0.319. The van der Waals surface area contributed by atoms with Crippen molar-refractivity contribution >= 4 is 39.9 Å². The lowest BCUT2D eigenvalue weighted by Gasteiger charge is -2.26. The molecule has 0 saturated carbocycles. The molecule has 3 rings (SSSR count). The summed E-state index contributed by atoms with van der Waals surface area (Å²) in [5, 5.41) is 16.7. The number of halogens is 1. The van der Waals surface area contributed by atoms with E-state index in [0.717, 1.165) is 21.6 Å². The number of aliphatic hydroxyl groups excluding tert-OH is 1. The van der Waals surface area contributed by atoms with E-state index in [1.807, 2.05) is 56.3 Å². The number of carbonyl (C=O) groups excluding carboxylic acids is 2. The average molecular weight is 544 g/mol. The van der Waals surface area contributed by atoms with Crippen molar-refractivity contribution in [3.05, 3.63) is 64.8 Å². The Labute approximate surface area is 227 Å². The highest BCUT2D eigenvalue weighted by Crippen LogP contribution is 2.33. The molecular weight excluding hydrogens is 510 g/mol. The molecule has 1 heterocycles. The number of aliphatic hydroxyl groups is 1. The zero-order valence-electron chi connectivity index (χ0n) is 21.8. The number of nitrogens with one attached hydrogen (secondary N) is 2. The predicted octanol–water partition coefficient (Wildman–Crippen LogP) is 5.98. The molecule has 0 spiro atoms. The normalized spacial score (nSPS) is 13.1. The number of hydrogen-bond donors (Lipinski definition) is 3. The van der Waals surface area contributed by atoms with Crippen LogP contribution in [0.5, 0.6) is 5.75 Å². The highest BCUT2D eigenvalue weighted by atomic mass is 35.5. The highest BCUT2D eigenvalue weighted by molar-refractivity contribution is 7.19. The molecular formula is C28H34ClN3O4S. The minimum Gasteiger partial charge on any atom is -0.487 e. The molecule has 3 N–H and O–H groups in total. The van der Waals surface area contributed by atoms with Gasteiger partial charge < -0.3 is 20.5 Å². The number of aromatic nitrogens is 1. The van der Waals surface area contributed by atoms with Gasteiger partial charge in [0.25, 0.3) is 0 Å². The first-order valence-electron chi connectivity index (χ1n) is 12.2. The van der Waals surface area contributed by atoms with Gasteiger partial charge in [0.1, 0.15) is 24.5 Å². The molecule has 0 radical (unpaired) electrons. The van der Waals surface area contributed by atoms with Crippen molar-refractivity contribution < 1.29 is 19.4 Å². The van der Waals surface area contributed by atoms with Crippen LogP contribution in [0.1, 0.15) is 51.7 Å². The summed E-state index contributed by atoms with van der Waals surface area (Å²) in [5.41, 5.74) is 2.31. The van der Waals surface area contributed by atoms with Crippen molar-refractivity contribution in [1.29, 1.82) is 0 Å². The summed E-state index contributed by atoms with van der Waals surface area (Å²) in [4.78, 5) is 30.7. The fourth-order valence-corrected chi connectivity index (χ4v) is 4.67. The first-order valence-corrected chi connectivity index (χ1v) is 13.4. The minimum atomic E-state index is -1.22. The molecule has 2 amide bonds. The molecule has 0 saturated heterocycles. The van der Waals surface area contributed by atoms with Crippen LogP contribution in [0.15, 0.2) is 48.7 Å². The van der Waals surface area contributed by atoms with Crippen LogP contribution in [0.2, 0.25) is 5.02 Å². The van der Waals surface area contributed by atoms with Crippen molar-refractivity contribution in [1.82, 2.24) is 10.3 Å². The topological polar surface area (TPSA) is 101 Å². The molecule has 0 aliphatic rings. The van der Waals surface area contributed by atoms with Gasteiger partial charge in [-0.25, -0.2) is 4.98 Å². The first-order chi connectivity index (χ1) is 17.5. The maximum absolute atomic E-state index is 13.0. The number of anilines is 1. The van der Waals surface area contributed by atoms with E-state index in [0.29, 0.717) is 35.4 Å². The van der Waals surface area contributed by atoms with E-state index in [2.05, 4.69) is 15.6 Å². The summed E-state index contributed by atoms with van der Waals surface area (Å²) < 4.78 is 6.00. The Hall–Kier alpha value is -2.94. The van der Waals surface area contributed by atoms with Crippen LogP contribution in [0.25, 0.3) is 10.4 Å². The molecule has 1 aromatic heterocycles. The molecule has 9 heteroatoms. The molecule has 0 bridgehead atoms. The van der Waals surface area contributed by atoms with Crippen molar-refractivity contribution in [2.24, 2.45) is 5.41 Å². The van der Waals surface area contributed by atoms with Gasteiger partial charge >= 0.3 is 0 Å². The van der Waals surface area contributed by atoms with E-state index in [4.69, 9.17) is 16.3 Å². The molecule has 0 aliphatic carbocycles. The third-order valence-electron chi connectivity index (χ3n) is 5.77. The Morgan fingerprint density at radius 1 is 1.16 bits per heavy atom. The van der Waals surface area contributed by atoms with Crippen LogP contribution in [0.3, 0.4) is 0 Å². The lowest BCUT2D eigenvalue weighted by molar-refractivity contribution is -0.137. The lowest BCUT2D eigenvalue weighted by Crippen LogP contribution is -2.50. The number of benzene rings is 2. The second-order valence-corrected chi connectivity index (χ2v) is 11.5. The number of thiazole rings is 1. The summed E-state index contributed by atoms with van der Waals surface area (Å²) in [7, 11) is 0. The molecule has 0 unspecified atom stereocenters. The molecule has 7 nitrogen and oxygen atoms in total. The van der Waals surface area contributed by atoms with E-state index >= 15 is 0 Å². The molecule has 0 fully saturated rings. The molecule has 198 valence electrons. The molecule has 37 heavy (non-hydrogen) atoms. The Morgan fingerprint density at radius 3 is 2.59 bits per heavy atom. The average Bonchev–Trinajstić information content (AvgIpc) is 3.31. The van der Waals surface area contributed by atoms with Crippen LogP contribution in [-0.2, 0) is 16.2 Å². The number of amides is 2. The SMILES string of the molecule is CCC[C@H](NC(=O)[C@@H](O)C(C)(C)C)C(=O)Nc1ncc(-c2ccccc2COc2cc(C)ccc2Cl)s1. The first kappa shape index (κ1) is 28.6. The smallest absolute Gasteiger partial charge is 0.250 e. The van der Waals surface area contributed by atoms with Crippen molar-refractivity contribution in [2.75, 3.05) is 5.32 Å². The van der Waals surface area contributed by atoms with Gasteiger partial charge in [-0.1, -0.05) is 87.4 Å². The van der Waals surface area contributed by atoms with Crippen molar-refractivity contribution in [3.63, 3.8) is 0 Å². The van der Waals surface area contributed by atoms with E-state index < -0.39 is 23.5 Å². The minimum absolute atomic E-state index is 0.319. The summed E-state index contributed by atoms with van der Waals surface area (Å²) in [6, 6.07) is 12.7. The van der Waals surface area contributed by atoms with Gasteiger partial charge in [0.05, 0.1) is 9.90 Å². The summed E-state index contributed by atoms with van der Waals surface area (Å²) in [6.45, 7) is 9.52. The van der Waals surface area contributed by atoms with Gasteiger partial charge in [0, 0.05) is 6.20 Å². The Morgan fingerprint density at radius 2 is 1.89 bits per heavy atom. The molecule has 0 aliphatic heterocycles. The Kier molecular flexibility index (Phi) is 9.70. The fourth-order valence-electron chi connectivity index (χ4n) is 3.61. The molecule has 3 aromatic rings. The maximum atomic E-state index is 13.0. The zero-order chi connectivity index (χ0) is 27.2. The van der Waals surface area contributed by atoms with Crippen LogP contribution < -0.4 is 15.4 Å². The van der Waals surface area contributed by atoms with Gasteiger partial charge in [-0.05, 0) is 47.6 Å². The second-order valence-electron chi connectivity index (χ2n) is 10.0. The number of aryl methyl sites for hydroxylation is 1. The molecule has 2 atom stereocenters. The lowest BCUT2D eigenvalue weighted by atomic mass is 9.88. The maximum Gasteiger partial charge on any atom is 0.250 e. The summed E-state index contributed by atoms with van der Waals surface area (Å²) in [6.07, 6.45) is 1.61. The van der Waals surface area contributed by atoms with Crippen LogP contribution in [0.4, 0.5) is 5.13 Å². The standard InChI is InChI=1S/C28H34ClN3O4S/c1-6-9-21(31-26(35)24(33)28(3,4)5)25(34)32-27-30-15-23(37-27)19-11-8-7-10-18(19)16-36-22-14-17(2)12-13-20(22)29/h7-8,10-15,21,24,33H,6,9,16H2,1-5H3,(H,31,35)(H,30,32,34)/t21-,24+/m0/s1. The predicted molar refractivity (Wildman–Crippen MR) is 149 cm³/mol. The van der Waals surface area contributed by atoms with E-state index in [1.165, 1.54) is 11.3 Å². The number of carbonyl (C=O) groups is 2. The van der Waals surface area contributed by atoms with Gasteiger partial charge in [0.2, 0.25) is 11.8 Å². The van der Waals surface area contributed by atoms with Gasteiger partial charge in [-0.2, -0.15) is 0 Å². The third-order valence-corrected chi connectivity index (χ3v) is 7.03. The Bertz CT molecular complexity index is 1240. The van der Waals surface area contributed by atoms with Gasteiger partial charge in [-0.15, -0.1) is 0 Å². The monoisotopic (exact) mass is 543 g/mol. The Balaban J connectivity index is 1.71. The second kappa shape index (κ2) is 12.5. The quantitative estimate of drug-likeness (QED) is 0.292. The van der Waals surface area contributed by atoms with E-state index in [-0.39, 0.29) is 5.91 Å². The van der Waals surface area contributed by atoms with E-state index in [9.17, 15) is 14.7 Å². The van der Waals surface area contributed by atoms with Crippen molar-refractivity contribution in [3.8, 4) is 16.2 Å². The number of hydrogen-bond acceptors (Lipinski definition) is 6. The zero-order valence-corrected chi connectivity index (χ0v) is 23.4. The highest BCUT2D eigenvalue weighted by Gasteiger charge is 2.32. The van der Waals surface area contributed by atoms with E-state index in [1.54, 1.807) is 27.0 Å².